The van der Waals surface area contributed by atoms with Crippen LogP contribution in [0.25, 0.3) is 0 Å². The zero-order valence-corrected chi connectivity index (χ0v) is 30.4. The minimum atomic E-state index is -4.93. The third-order valence-corrected chi connectivity index (χ3v) is 10.9. The van der Waals surface area contributed by atoms with Crippen molar-refractivity contribution in [1.29, 1.82) is 0 Å². The first-order valence-electron chi connectivity index (χ1n) is 15.5. The first-order chi connectivity index (χ1) is 23.5. The molecule has 0 spiro atoms. The zero-order valence-electron chi connectivity index (χ0n) is 27.3. The van der Waals surface area contributed by atoms with Crippen molar-refractivity contribution in [2.24, 2.45) is 0 Å². The molecular formula is C36H35Cl3F3N3O4S. The van der Waals surface area contributed by atoms with Crippen molar-refractivity contribution < 1.29 is 31.2 Å². The normalized spacial score (nSPS) is 13.0. The molecule has 0 bridgehead atoms. The monoisotopic (exact) mass is 767 g/mol. The molecule has 0 aliphatic rings. The molecule has 0 aliphatic carbocycles. The van der Waals surface area contributed by atoms with E-state index in [1.165, 1.54) is 41.3 Å². The predicted molar refractivity (Wildman–Crippen MR) is 191 cm³/mol. The Morgan fingerprint density at radius 3 is 2.08 bits per heavy atom. The summed E-state index contributed by atoms with van der Waals surface area (Å²) in [5, 5.41) is 2.71. The number of carbonyl (C=O) groups is 2. The Bertz CT molecular complexity index is 1930. The summed E-state index contributed by atoms with van der Waals surface area (Å²) < 4.78 is 71.0. The number of amides is 2. The number of hydrogen-bond acceptors (Lipinski definition) is 4. The summed E-state index contributed by atoms with van der Waals surface area (Å²) in [5.74, 6) is -1.37. The average Bonchev–Trinajstić information content (AvgIpc) is 3.07. The molecule has 0 aromatic heterocycles. The molecule has 4 aromatic carbocycles. The number of nitrogens with one attached hydrogen (secondary N) is 1. The lowest BCUT2D eigenvalue weighted by Gasteiger charge is -2.34. The topological polar surface area (TPSA) is 86.8 Å². The van der Waals surface area contributed by atoms with E-state index in [1.54, 1.807) is 50.2 Å². The maximum absolute atomic E-state index is 14.6. The average molecular weight is 769 g/mol. The van der Waals surface area contributed by atoms with Crippen LogP contribution in [-0.4, -0.2) is 43.8 Å². The van der Waals surface area contributed by atoms with Crippen LogP contribution in [0.2, 0.25) is 15.1 Å². The van der Waals surface area contributed by atoms with Crippen LogP contribution in [-0.2, 0) is 38.8 Å². The van der Waals surface area contributed by atoms with E-state index < -0.39 is 56.9 Å². The summed E-state index contributed by atoms with van der Waals surface area (Å²) in [4.78, 5) is 29.5. The molecule has 266 valence electrons. The van der Waals surface area contributed by atoms with Gasteiger partial charge < -0.3 is 10.2 Å². The summed E-state index contributed by atoms with van der Waals surface area (Å²) in [6.45, 7) is 4.25. The second-order valence-corrected chi connectivity index (χ2v) is 14.9. The Morgan fingerprint density at radius 1 is 0.840 bits per heavy atom. The molecule has 0 fully saturated rings. The summed E-state index contributed by atoms with van der Waals surface area (Å²) in [6.07, 6.45) is -4.30. The molecule has 0 radical (unpaired) electrons. The van der Waals surface area contributed by atoms with E-state index in [-0.39, 0.29) is 33.9 Å². The highest BCUT2D eigenvalue weighted by Gasteiger charge is 2.38. The van der Waals surface area contributed by atoms with Gasteiger partial charge in [-0.25, -0.2) is 8.42 Å². The van der Waals surface area contributed by atoms with E-state index in [2.05, 4.69) is 5.32 Å². The highest BCUT2D eigenvalue weighted by Crippen LogP contribution is 2.38. The first kappa shape index (κ1) is 39.0. The van der Waals surface area contributed by atoms with Gasteiger partial charge in [-0.05, 0) is 73.9 Å². The standard InChI is InChI=1S/C36H35Cl3F3N3O4S/c1-4-24(3)43-35(47)33(19-25-8-6-5-7-9-25)44(21-26-12-16-31(38)32(39)18-26)34(46)22-45(50(48,49)28-14-10-23(2)11-15-28)27-13-17-30(37)29(20-27)36(40,41)42/h5-18,20,24,33H,4,19,21-22H2,1-3H3,(H,43,47)/t24-,33-/m1/s1. The molecule has 7 nitrogen and oxygen atoms in total. The maximum Gasteiger partial charge on any atom is 0.417 e. The number of hydrogen-bond donors (Lipinski definition) is 1. The number of nitrogens with zero attached hydrogens (tertiary/aromatic N) is 2. The van der Waals surface area contributed by atoms with Crippen molar-refractivity contribution >= 4 is 62.3 Å². The van der Waals surface area contributed by atoms with Crippen LogP contribution in [0.4, 0.5) is 18.9 Å². The van der Waals surface area contributed by atoms with Crippen LogP contribution in [0.3, 0.4) is 0 Å². The molecule has 4 rings (SSSR count). The summed E-state index contributed by atoms with van der Waals surface area (Å²) in [7, 11) is -4.65. The van der Waals surface area contributed by atoms with Gasteiger partial charge in [-0.2, -0.15) is 13.2 Å². The molecule has 2 atom stereocenters. The molecule has 4 aromatic rings. The maximum atomic E-state index is 14.6. The molecular weight excluding hydrogens is 734 g/mol. The van der Waals surface area contributed by atoms with Gasteiger partial charge in [0.2, 0.25) is 11.8 Å². The fourth-order valence-electron chi connectivity index (χ4n) is 5.08. The predicted octanol–water partition coefficient (Wildman–Crippen LogP) is 8.72. The highest BCUT2D eigenvalue weighted by molar-refractivity contribution is 7.92. The van der Waals surface area contributed by atoms with Crippen molar-refractivity contribution in [2.75, 3.05) is 10.8 Å². The number of benzene rings is 4. The van der Waals surface area contributed by atoms with Gasteiger partial charge in [0.25, 0.3) is 10.0 Å². The second-order valence-electron chi connectivity index (χ2n) is 11.8. The van der Waals surface area contributed by atoms with Gasteiger partial charge in [0.05, 0.1) is 31.2 Å². The van der Waals surface area contributed by atoms with Crippen molar-refractivity contribution in [3.63, 3.8) is 0 Å². The lowest BCUT2D eigenvalue weighted by atomic mass is 10.0. The fourth-order valence-corrected chi connectivity index (χ4v) is 7.03. The van der Waals surface area contributed by atoms with E-state index >= 15 is 0 Å². The van der Waals surface area contributed by atoms with Crippen molar-refractivity contribution in [2.45, 2.75) is 63.3 Å². The quantitative estimate of drug-likeness (QED) is 0.148. The summed E-state index contributed by atoms with van der Waals surface area (Å²) in [6, 6.07) is 20.4. The van der Waals surface area contributed by atoms with Crippen molar-refractivity contribution in [1.82, 2.24) is 10.2 Å². The minimum absolute atomic E-state index is 0.0417. The van der Waals surface area contributed by atoms with Crippen LogP contribution in [0.5, 0.6) is 0 Å². The van der Waals surface area contributed by atoms with Gasteiger partial charge in [0, 0.05) is 19.0 Å². The van der Waals surface area contributed by atoms with E-state index in [9.17, 15) is 31.2 Å². The Kier molecular flexibility index (Phi) is 12.9. The van der Waals surface area contributed by atoms with E-state index in [4.69, 9.17) is 34.8 Å². The van der Waals surface area contributed by atoms with E-state index in [0.717, 1.165) is 17.7 Å². The number of halogens is 6. The largest absolute Gasteiger partial charge is 0.417 e. The summed E-state index contributed by atoms with van der Waals surface area (Å²) in [5.41, 5.74) is 0.187. The minimum Gasteiger partial charge on any atom is -0.352 e. The number of carbonyl (C=O) groups excluding carboxylic acids is 2. The van der Waals surface area contributed by atoms with Gasteiger partial charge in [-0.3, -0.25) is 13.9 Å². The molecule has 0 aliphatic heterocycles. The van der Waals surface area contributed by atoms with Gasteiger partial charge >= 0.3 is 6.18 Å². The smallest absolute Gasteiger partial charge is 0.352 e. The number of sulfonamides is 1. The molecule has 1 N–H and O–H groups in total. The highest BCUT2D eigenvalue weighted by atomic mass is 35.5. The molecule has 50 heavy (non-hydrogen) atoms. The molecule has 0 saturated heterocycles. The lowest BCUT2D eigenvalue weighted by Crippen LogP contribution is -2.54. The summed E-state index contributed by atoms with van der Waals surface area (Å²) >= 11 is 18.3. The molecule has 0 unspecified atom stereocenters. The van der Waals surface area contributed by atoms with Gasteiger partial charge in [0.1, 0.15) is 12.6 Å². The Labute approximate surface area is 305 Å². The molecule has 0 heterocycles. The SMILES string of the molecule is CC[C@@H](C)NC(=O)[C@@H](Cc1ccccc1)N(Cc1ccc(Cl)c(Cl)c1)C(=O)CN(c1ccc(Cl)c(C(F)(F)F)c1)S(=O)(=O)c1ccc(C)cc1. The Morgan fingerprint density at radius 2 is 1.48 bits per heavy atom. The third kappa shape index (κ3) is 9.72. The van der Waals surface area contributed by atoms with Crippen LogP contribution >= 0.6 is 34.8 Å². The van der Waals surface area contributed by atoms with Gasteiger partial charge in [-0.1, -0.05) is 95.8 Å². The van der Waals surface area contributed by atoms with Crippen LogP contribution in [0, 0.1) is 6.92 Å². The van der Waals surface area contributed by atoms with Crippen LogP contribution < -0.4 is 9.62 Å². The number of alkyl halides is 3. The van der Waals surface area contributed by atoms with Gasteiger partial charge in [-0.15, -0.1) is 0 Å². The molecule has 0 saturated carbocycles. The van der Waals surface area contributed by atoms with Crippen LogP contribution in [0.15, 0.2) is 95.9 Å². The number of rotatable bonds is 13. The van der Waals surface area contributed by atoms with Gasteiger partial charge in [0.15, 0.2) is 0 Å². The number of aryl methyl sites for hydroxylation is 1. The van der Waals surface area contributed by atoms with Crippen molar-refractivity contribution in [3.8, 4) is 0 Å². The van der Waals surface area contributed by atoms with E-state index in [1.807, 2.05) is 6.92 Å². The first-order valence-corrected chi connectivity index (χ1v) is 18.1. The lowest BCUT2D eigenvalue weighted by molar-refractivity contribution is -0.140. The third-order valence-electron chi connectivity index (χ3n) is 8.04. The zero-order chi connectivity index (χ0) is 36.8. The fraction of sp³-hybridized carbons (Fsp3) is 0.278. The Balaban J connectivity index is 1.88. The molecule has 2 amide bonds. The second kappa shape index (κ2) is 16.5. The van der Waals surface area contributed by atoms with E-state index in [0.29, 0.717) is 27.9 Å². The molecule has 14 heteroatoms. The number of anilines is 1. The Hall–Kier alpha value is -3.77. The van der Waals surface area contributed by atoms with Crippen LogP contribution in [0.1, 0.15) is 42.5 Å². The van der Waals surface area contributed by atoms with Crippen molar-refractivity contribution in [3.05, 3.63) is 128 Å².